The van der Waals surface area contributed by atoms with E-state index in [2.05, 4.69) is 0 Å². The first-order valence-electron chi connectivity index (χ1n) is 4.70. The predicted molar refractivity (Wildman–Crippen MR) is 59.4 cm³/mol. The Kier molecular flexibility index (Phi) is 4.03. The van der Waals surface area contributed by atoms with E-state index >= 15 is 0 Å². The van der Waals surface area contributed by atoms with Gasteiger partial charge in [0.05, 0.1) is 5.75 Å². The van der Waals surface area contributed by atoms with Gasteiger partial charge in [-0.1, -0.05) is 24.3 Å². The first kappa shape index (κ1) is 11.9. The Bertz CT molecular complexity index is 418. The molecule has 0 saturated heterocycles. The van der Waals surface area contributed by atoms with Gasteiger partial charge >= 0.3 is 0 Å². The molecule has 4 heteroatoms. The van der Waals surface area contributed by atoms with Gasteiger partial charge in [-0.05, 0) is 17.5 Å². The maximum absolute atomic E-state index is 11.0. The van der Waals surface area contributed by atoms with Crippen molar-refractivity contribution in [2.24, 2.45) is 0 Å². The summed E-state index contributed by atoms with van der Waals surface area (Å²) in [5.41, 5.74) is 1.84. The highest BCUT2D eigenvalue weighted by Crippen LogP contribution is 2.08. The molecule has 0 bridgehead atoms. The number of aldehydes is 1. The van der Waals surface area contributed by atoms with E-state index in [-0.39, 0.29) is 5.75 Å². The molecule has 15 heavy (non-hydrogen) atoms. The van der Waals surface area contributed by atoms with Crippen LogP contribution in [0.15, 0.2) is 24.3 Å². The molecule has 0 radical (unpaired) electrons. The number of aryl methyl sites for hydroxylation is 1. The second kappa shape index (κ2) is 5.07. The first-order chi connectivity index (χ1) is 7.01. The zero-order valence-electron chi connectivity index (χ0n) is 8.64. The van der Waals surface area contributed by atoms with Gasteiger partial charge in [0, 0.05) is 12.7 Å². The van der Waals surface area contributed by atoms with Gasteiger partial charge in [0.2, 0.25) is 0 Å². The largest absolute Gasteiger partial charge is 0.303 e. The number of carbonyl (C=O) groups is 1. The monoisotopic (exact) mass is 226 g/mol. The highest BCUT2D eigenvalue weighted by Gasteiger charge is 2.03. The molecule has 1 rings (SSSR count). The van der Waals surface area contributed by atoms with Crippen molar-refractivity contribution in [3.8, 4) is 0 Å². The van der Waals surface area contributed by atoms with Gasteiger partial charge in [0.25, 0.3) is 0 Å². The van der Waals surface area contributed by atoms with E-state index in [1.807, 2.05) is 12.1 Å². The lowest BCUT2D eigenvalue weighted by molar-refractivity contribution is -0.107. The zero-order chi connectivity index (χ0) is 11.3. The van der Waals surface area contributed by atoms with Crippen molar-refractivity contribution in [2.75, 3.05) is 6.26 Å². The maximum atomic E-state index is 11.0. The molecule has 0 aliphatic heterocycles. The van der Waals surface area contributed by atoms with E-state index in [1.54, 1.807) is 12.1 Å². The second-order valence-corrected chi connectivity index (χ2v) is 5.73. The molecule has 0 aliphatic carbocycles. The lowest BCUT2D eigenvalue weighted by Gasteiger charge is -2.01. The molecule has 0 amide bonds. The molecule has 3 nitrogen and oxygen atoms in total. The van der Waals surface area contributed by atoms with Gasteiger partial charge in [0.15, 0.2) is 9.84 Å². The average molecular weight is 226 g/mol. The van der Waals surface area contributed by atoms with Gasteiger partial charge < -0.3 is 4.79 Å². The first-order valence-corrected chi connectivity index (χ1v) is 6.76. The van der Waals surface area contributed by atoms with Crippen molar-refractivity contribution < 1.29 is 13.2 Å². The van der Waals surface area contributed by atoms with Crippen molar-refractivity contribution in [2.45, 2.75) is 18.6 Å². The van der Waals surface area contributed by atoms with E-state index in [9.17, 15) is 13.2 Å². The van der Waals surface area contributed by atoms with E-state index in [0.29, 0.717) is 12.8 Å². The maximum Gasteiger partial charge on any atom is 0.151 e. The Morgan fingerprint density at radius 2 is 1.67 bits per heavy atom. The standard InChI is InChI=1S/C11H14O3S/c1-15(13,14)9-11-6-4-10(5-7-11)3-2-8-12/h4-8H,2-3,9H2,1H3. The van der Waals surface area contributed by atoms with Crippen LogP contribution in [0.25, 0.3) is 0 Å². The Hall–Kier alpha value is -1.16. The summed E-state index contributed by atoms with van der Waals surface area (Å²) in [5, 5.41) is 0. The lowest BCUT2D eigenvalue weighted by Crippen LogP contribution is -2.00. The van der Waals surface area contributed by atoms with Crippen molar-refractivity contribution in [3.63, 3.8) is 0 Å². The minimum absolute atomic E-state index is 0.0704. The summed E-state index contributed by atoms with van der Waals surface area (Å²) in [4.78, 5) is 10.2. The van der Waals surface area contributed by atoms with Crippen LogP contribution in [0, 0.1) is 0 Å². The predicted octanol–water partition coefficient (Wildman–Crippen LogP) is 1.36. The van der Waals surface area contributed by atoms with E-state index in [4.69, 9.17) is 0 Å². The zero-order valence-corrected chi connectivity index (χ0v) is 9.46. The minimum atomic E-state index is -2.96. The van der Waals surface area contributed by atoms with Crippen LogP contribution >= 0.6 is 0 Å². The van der Waals surface area contributed by atoms with E-state index < -0.39 is 9.84 Å². The molecular weight excluding hydrogens is 212 g/mol. The van der Waals surface area contributed by atoms with Crippen molar-refractivity contribution in [1.82, 2.24) is 0 Å². The van der Waals surface area contributed by atoms with Crippen LogP contribution in [-0.2, 0) is 26.8 Å². The molecule has 1 aromatic rings. The number of benzene rings is 1. The highest BCUT2D eigenvalue weighted by atomic mass is 32.2. The summed E-state index contributed by atoms with van der Waals surface area (Å²) in [5.74, 6) is 0.0704. The van der Waals surface area contributed by atoms with E-state index in [0.717, 1.165) is 17.4 Å². The fourth-order valence-corrected chi connectivity index (χ4v) is 2.13. The molecule has 0 atom stereocenters. The fourth-order valence-electron chi connectivity index (χ4n) is 1.33. The van der Waals surface area contributed by atoms with Gasteiger partial charge in [-0.25, -0.2) is 8.42 Å². The van der Waals surface area contributed by atoms with Gasteiger partial charge in [-0.2, -0.15) is 0 Å². The molecule has 0 spiro atoms. The minimum Gasteiger partial charge on any atom is -0.303 e. The Morgan fingerprint density at radius 3 is 2.13 bits per heavy atom. The Balaban J connectivity index is 2.68. The molecule has 82 valence electrons. The van der Waals surface area contributed by atoms with Crippen molar-refractivity contribution >= 4 is 16.1 Å². The normalized spacial score (nSPS) is 11.3. The SMILES string of the molecule is CS(=O)(=O)Cc1ccc(CCC=O)cc1. The van der Waals surface area contributed by atoms with Crippen LogP contribution in [0.1, 0.15) is 17.5 Å². The van der Waals surface area contributed by atoms with Crippen LogP contribution in [0.2, 0.25) is 0 Å². The third kappa shape index (κ3) is 4.74. The summed E-state index contributed by atoms with van der Waals surface area (Å²) in [6.07, 6.45) is 3.31. The van der Waals surface area contributed by atoms with Crippen LogP contribution in [-0.4, -0.2) is 21.0 Å². The smallest absolute Gasteiger partial charge is 0.151 e. The van der Waals surface area contributed by atoms with Crippen molar-refractivity contribution in [3.05, 3.63) is 35.4 Å². The molecule has 1 aromatic carbocycles. The molecule has 0 unspecified atom stereocenters. The lowest BCUT2D eigenvalue weighted by atomic mass is 10.1. The van der Waals surface area contributed by atoms with Crippen LogP contribution < -0.4 is 0 Å². The molecule has 0 fully saturated rings. The average Bonchev–Trinajstić information content (AvgIpc) is 2.14. The second-order valence-electron chi connectivity index (χ2n) is 3.59. The summed E-state index contributed by atoms with van der Waals surface area (Å²) < 4.78 is 22.0. The number of sulfone groups is 1. The summed E-state index contributed by atoms with van der Waals surface area (Å²) in [6, 6.07) is 7.32. The summed E-state index contributed by atoms with van der Waals surface area (Å²) in [7, 11) is -2.96. The molecule has 0 aromatic heterocycles. The third-order valence-corrected chi connectivity index (χ3v) is 2.86. The van der Waals surface area contributed by atoms with Crippen LogP contribution in [0.4, 0.5) is 0 Å². The van der Waals surface area contributed by atoms with Crippen molar-refractivity contribution in [1.29, 1.82) is 0 Å². The molecular formula is C11H14O3S. The molecule has 0 saturated carbocycles. The number of hydrogen-bond donors (Lipinski definition) is 0. The van der Waals surface area contributed by atoms with Crippen LogP contribution in [0.3, 0.4) is 0 Å². The summed E-state index contributed by atoms with van der Waals surface area (Å²) >= 11 is 0. The quantitative estimate of drug-likeness (QED) is 0.712. The number of carbonyl (C=O) groups excluding carboxylic acids is 1. The fraction of sp³-hybridized carbons (Fsp3) is 0.364. The van der Waals surface area contributed by atoms with E-state index in [1.165, 1.54) is 6.26 Å². The van der Waals surface area contributed by atoms with Gasteiger partial charge in [0.1, 0.15) is 6.29 Å². The molecule has 0 aliphatic rings. The topological polar surface area (TPSA) is 51.2 Å². The van der Waals surface area contributed by atoms with Crippen LogP contribution in [0.5, 0.6) is 0 Å². The Morgan fingerprint density at radius 1 is 1.13 bits per heavy atom. The Labute approximate surface area is 90.0 Å². The van der Waals surface area contributed by atoms with Gasteiger partial charge in [-0.3, -0.25) is 0 Å². The summed E-state index contributed by atoms with van der Waals surface area (Å²) in [6.45, 7) is 0. The molecule has 0 N–H and O–H groups in total. The highest BCUT2D eigenvalue weighted by molar-refractivity contribution is 7.89. The van der Waals surface area contributed by atoms with Gasteiger partial charge in [-0.15, -0.1) is 0 Å². The number of rotatable bonds is 5. The third-order valence-electron chi connectivity index (χ3n) is 2.00. The number of hydrogen-bond acceptors (Lipinski definition) is 3. The molecule has 0 heterocycles.